The van der Waals surface area contributed by atoms with Crippen LogP contribution in [-0.2, 0) is 10.0 Å². The molecule has 0 saturated heterocycles. The summed E-state index contributed by atoms with van der Waals surface area (Å²) < 4.78 is 27.9. The molecule has 0 fully saturated rings. The number of rotatable bonds is 6. The molecule has 1 heterocycles. The number of carbonyl (C=O) groups is 1. The van der Waals surface area contributed by atoms with Crippen molar-refractivity contribution >= 4 is 49.9 Å². The number of anilines is 2. The zero-order chi connectivity index (χ0) is 22.7. The van der Waals surface area contributed by atoms with Crippen LogP contribution in [0.1, 0.15) is 17.4 Å². The molecule has 162 valence electrons. The van der Waals surface area contributed by atoms with Crippen molar-refractivity contribution in [1.29, 1.82) is 0 Å². The average Bonchev–Trinajstić information content (AvgIpc) is 2.81. The van der Waals surface area contributed by atoms with Gasteiger partial charge in [-0.2, -0.15) is 0 Å². The molecule has 0 aliphatic carbocycles. The molecule has 1 aromatic heterocycles. The molecular formula is C23H19ClN4O3S. The summed E-state index contributed by atoms with van der Waals surface area (Å²) in [6.45, 7) is 1.95. The molecule has 0 aliphatic heterocycles. The van der Waals surface area contributed by atoms with E-state index in [0.29, 0.717) is 16.7 Å². The Balaban J connectivity index is 1.65. The third kappa shape index (κ3) is 4.28. The van der Waals surface area contributed by atoms with Crippen LogP contribution in [0.25, 0.3) is 11.0 Å². The largest absolute Gasteiger partial charge is 0.321 e. The van der Waals surface area contributed by atoms with Crippen LogP contribution in [0.2, 0.25) is 5.02 Å². The highest BCUT2D eigenvalue weighted by molar-refractivity contribution is 7.93. The predicted molar refractivity (Wildman–Crippen MR) is 126 cm³/mol. The Kier molecular flexibility index (Phi) is 6.07. The number of nitrogens with zero attached hydrogens (tertiary/aromatic N) is 3. The van der Waals surface area contributed by atoms with E-state index in [4.69, 9.17) is 11.6 Å². The Morgan fingerprint density at radius 3 is 2.41 bits per heavy atom. The summed E-state index contributed by atoms with van der Waals surface area (Å²) in [5.74, 6) is -0.510. The van der Waals surface area contributed by atoms with Gasteiger partial charge in [0, 0.05) is 12.2 Å². The number of para-hydroxylation sites is 3. The first-order valence-electron chi connectivity index (χ1n) is 9.80. The first-order valence-corrected chi connectivity index (χ1v) is 11.6. The lowest BCUT2D eigenvalue weighted by Crippen LogP contribution is -2.31. The molecule has 7 nitrogen and oxygen atoms in total. The molecule has 9 heteroatoms. The molecule has 0 aliphatic rings. The molecule has 0 atom stereocenters. The quantitative estimate of drug-likeness (QED) is 0.442. The van der Waals surface area contributed by atoms with Gasteiger partial charge in [-0.25, -0.2) is 13.4 Å². The number of halogens is 1. The van der Waals surface area contributed by atoms with Crippen LogP contribution >= 0.6 is 11.6 Å². The number of amides is 1. The molecule has 0 spiro atoms. The van der Waals surface area contributed by atoms with Crippen molar-refractivity contribution in [2.75, 3.05) is 16.2 Å². The number of sulfonamides is 1. The van der Waals surface area contributed by atoms with Crippen molar-refractivity contribution in [3.05, 3.63) is 89.7 Å². The lowest BCUT2D eigenvalue weighted by atomic mass is 10.2. The molecular weight excluding hydrogens is 448 g/mol. The van der Waals surface area contributed by atoms with E-state index in [9.17, 15) is 13.2 Å². The average molecular weight is 467 g/mol. The van der Waals surface area contributed by atoms with Crippen LogP contribution in [0.5, 0.6) is 0 Å². The highest BCUT2D eigenvalue weighted by atomic mass is 35.5. The highest BCUT2D eigenvalue weighted by Gasteiger charge is 2.26. The summed E-state index contributed by atoms with van der Waals surface area (Å²) in [7, 11) is -3.96. The Morgan fingerprint density at radius 1 is 1.00 bits per heavy atom. The molecule has 0 unspecified atom stereocenters. The number of hydrogen-bond donors (Lipinski definition) is 1. The van der Waals surface area contributed by atoms with Crippen molar-refractivity contribution in [2.45, 2.75) is 11.8 Å². The number of aromatic nitrogens is 2. The summed E-state index contributed by atoms with van der Waals surface area (Å²) in [4.78, 5) is 21.2. The SMILES string of the molecule is CCN(c1ccccc1)S(=O)(=O)c1cc(NC(=O)c2cnc3ccccc3n2)ccc1Cl. The normalized spacial score (nSPS) is 11.3. The number of benzene rings is 3. The van der Waals surface area contributed by atoms with E-state index in [1.165, 1.54) is 28.7 Å². The summed E-state index contributed by atoms with van der Waals surface area (Å²) >= 11 is 6.25. The Bertz CT molecular complexity index is 1400. The van der Waals surface area contributed by atoms with Gasteiger partial charge in [0.1, 0.15) is 10.6 Å². The van der Waals surface area contributed by atoms with Gasteiger partial charge in [0.05, 0.1) is 27.9 Å². The summed E-state index contributed by atoms with van der Waals surface area (Å²) in [6.07, 6.45) is 1.37. The molecule has 0 radical (unpaired) electrons. The minimum absolute atomic E-state index is 0.0582. The Morgan fingerprint density at radius 2 is 1.69 bits per heavy atom. The smallest absolute Gasteiger partial charge is 0.275 e. The maximum atomic E-state index is 13.3. The van der Waals surface area contributed by atoms with Crippen molar-refractivity contribution in [3.8, 4) is 0 Å². The monoisotopic (exact) mass is 466 g/mol. The van der Waals surface area contributed by atoms with Crippen molar-refractivity contribution in [2.24, 2.45) is 0 Å². The van der Waals surface area contributed by atoms with Crippen LogP contribution in [0.3, 0.4) is 0 Å². The number of fused-ring (bicyclic) bond motifs is 1. The fourth-order valence-electron chi connectivity index (χ4n) is 3.24. The lowest BCUT2D eigenvalue weighted by Gasteiger charge is -2.23. The molecule has 4 rings (SSSR count). The minimum atomic E-state index is -3.96. The summed E-state index contributed by atoms with van der Waals surface area (Å²) in [5.41, 5.74) is 2.16. The molecule has 0 bridgehead atoms. The molecule has 1 amide bonds. The molecule has 3 aromatic carbocycles. The fourth-order valence-corrected chi connectivity index (χ4v) is 5.22. The molecule has 32 heavy (non-hydrogen) atoms. The van der Waals surface area contributed by atoms with E-state index >= 15 is 0 Å². The number of nitrogens with one attached hydrogen (secondary N) is 1. The van der Waals surface area contributed by atoms with Crippen molar-refractivity contribution in [3.63, 3.8) is 0 Å². The number of hydrogen-bond acceptors (Lipinski definition) is 5. The van der Waals surface area contributed by atoms with Gasteiger partial charge in [-0.1, -0.05) is 41.9 Å². The second-order valence-corrected chi connectivity index (χ2v) is 9.09. The molecule has 4 aromatic rings. The first-order chi connectivity index (χ1) is 15.4. The fraction of sp³-hybridized carbons (Fsp3) is 0.0870. The minimum Gasteiger partial charge on any atom is -0.321 e. The van der Waals surface area contributed by atoms with Crippen LogP contribution < -0.4 is 9.62 Å². The van der Waals surface area contributed by atoms with Gasteiger partial charge in [-0.05, 0) is 49.4 Å². The Hall–Kier alpha value is -3.49. The third-order valence-corrected chi connectivity index (χ3v) is 7.15. The van der Waals surface area contributed by atoms with E-state index in [2.05, 4.69) is 15.3 Å². The van der Waals surface area contributed by atoms with E-state index in [-0.39, 0.29) is 27.8 Å². The Labute approximate surface area is 190 Å². The van der Waals surface area contributed by atoms with Crippen LogP contribution in [0, 0.1) is 0 Å². The van der Waals surface area contributed by atoms with Gasteiger partial charge in [-0.3, -0.25) is 14.1 Å². The first kappa shape index (κ1) is 21.7. The molecule has 1 N–H and O–H groups in total. The summed E-state index contributed by atoms with van der Waals surface area (Å²) in [5, 5.41) is 2.73. The molecule has 0 saturated carbocycles. The predicted octanol–water partition coefficient (Wildman–Crippen LogP) is 4.75. The van der Waals surface area contributed by atoms with Gasteiger partial charge in [0.2, 0.25) is 0 Å². The maximum Gasteiger partial charge on any atom is 0.275 e. The maximum absolute atomic E-state index is 13.3. The van der Waals surface area contributed by atoms with Crippen LogP contribution in [0.15, 0.2) is 83.9 Å². The number of carbonyl (C=O) groups excluding carboxylic acids is 1. The van der Waals surface area contributed by atoms with Crippen LogP contribution in [0.4, 0.5) is 11.4 Å². The van der Waals surface area contributed by atoms with E-state index in [0.717, 1.165) is 0 Å². The standard InChI is InChI=1S/C23H19ClN4O3S/c1-2-28(17-8-4-3-5-9-17)32(30,31)22-14-16(12-13-18(22)24)26-23(29)21-15-25-19-10-6-7-11-20(19)27-21/h3-15H,2H2,1H3,(H,26,29). The van der Waals surface area contributed by atoms with Gasteiger partial charge < -0.3 is 5.32 Å². The highest BCUT2D eigenvalue weighted by Crippen LogP contribution is 2.30. The zero-order valence-electron chi connectivity index (χ0n) is 17.1. The van der Waals surface area contributed by atoms with Crippen molar-refractivity contribution in [1.82, 2.24) is 9.97 Å². The third-order valence-electron chi connectivity index (χ3n) is 4.77. The summed E-state index contributed by atoms with van der Waals surface area (Å²) in [6, 6.07) is 20.3. The van der Waals surface area contributed by atoms with E-state index in [1.54, 1.807) is 49.4 Å². The van der Waals surface area contributed by atoms with Gasteiger partial charge in [-0.15, -0.1) is 0 Å². The lowest BCUT2D eigenvalue weighted by molar-refractivity contribution is 0.102. The van der Waals surface area contributed by atoms with Gasteiger partial charge in [0.25, 0.3) is 15.9 Å². The van der Waals surface area contributed by atoms with Crippen LogP contribution in [-0.4, -0.2) is 30.8 Å². The van der Waals surface area contributed by atoms with E-state index in [1.807, 2.05) is 12.1 Å². The van der Waals surface area contributed by atoms with E-state index < -0.39 is 15.9 Å². The zero-order valence-corrected chi connectivity index (χ0v) is 18.6. The van der Waals surface area contributed by atoms with Gasteiger partial charge >= 0.3 is 0 Å². The van der Waals surface area contributed by atoms with Crippen molar-refractivity contribution < 1.29 is 13.2 Å². The second-order valence-electron chi connectivity index (χ2n) is 6.85. The second kappa shape index (κ2) is 8.94. The van der Waals surface area contributed by atoms with Gasteiger partial charge in [0.15, 0.2) is 0 Å². The topological polar surface area (TPSA) is 92.3 Å².